The number of aliphatic carboxylic acids is 1. The Morgan fingerprint density at radius 2 is 1.67 bits per heavy atom. The fourth-order valence-corrected chi connectivity index (χ4v) is 3.87. The van der Waals surface area contributed by atoms with Crippen LogP contribution in [0.4, 0.5) is 0 Å². The largest absolute Gasteiger partial charge is 0.481 e. The minimum atomic E-state index is -0.775. The van der Waals surface area contributed by atoms with E-state index in [0.29, 0.717) is 12.3 Å². The fraction of sp³-hybridized carbons (Fsp3) is 0.611. The normalized spacial score (nSPS) is 26.9. The molecular weight excluding hydrogens is 264 g/mol. The van der Waals surface area contributed by atoms with Crippen molar-refractivity contribution in [3.63, 3.8) is 0 Å². The molecular formula is C18H26O3. The minimum absolute atomic E-state index is 0.184. The SMILES string of the molecule is Cc1cc(C)c(C)c(C(O)C2CC(C)CC2C(=O)O)c1C. The quantitative estimate of drug-likeness (QED) is 0.892. The molecule has 1 fully saturated rings. The Bertz CT molecular complexity index is 536. The number of rotatable bonds is 3. The van der Waals surface area contributed by atoms with Gasteiger partial charge in [-0.2, -0.15) is 0 Å². The lowest BCUT2D eigenvalue weighted by Crippen LogP contribution is -2.25. The molecule has 21 heavy (non-hydrogen) atoms. The van der Waals surface area contributed by atoms with Gasteiger partial charge in [-0.1, -0.05) is 13.0 Å². The van der Waals surface area contributed by atoms with Gasteiger partial charge in [-0.15, -0.1) is 0 Å². The van der Waals surface area contributed by atoms with Crippen molar-refractivity contribution in [2.24, 2.45) is 17.8 Å². The van der Waals surface area contributed by atoms with Crippen LogP contribution in [0.15, 0.2) is 6.07 Å². The average Bonchev–Trinajstić information content (AvgIpc) is 2.79. The van der Waals surface area contributed by atoms with Crippen LogP contribution < -0.4 is 0 Å². The van der Waals surface area contributed by atoms with Crippen molar-refractivity contribution < 1.29 is 15.0 Å². The first-order valence-electron chi connectivity index (χ1n) is 7.72. The predicted molar refractivity (Wildman–Crippen MR) is 83.4 cm³/mol. The van der Waals surface area contributed by atoms with E-state index in [1.54, 1.807) is 0 Å². The molecule has 1 saturated carbocycles. The van der Waals surface area contributed by atoms with Crippen molar-refractivity contribution in [1.29, 1.82) is 0 Å². The summed E-state index contributed by atoms with van der Waals surface area (Å²) in [4.78, 5) is 11.5. The molecule has 0 spiro atoms. The average molecular weight is 290 g/mol. The van der Waals surface area contributed by atoms with E-state index in [1.807, 2.05) is 27.7 Å². The lowest BCUT2D eigenvalue weighted by Gasteiger charge is -2.27. The van der Waals surface area contributed by atoms with Crippen molar-refractivity contribution in [2.45, 2.75) is 53.6 Å². The molecule has 1 aliphatic carbocycles. The lowest BCUT2D eigenvalue weighted by atomic mass is 9.81. The summed E-state index contributed by atoms with van der Waals surface area (Å²) in [6.45, 7) is 10.2. The molecule has 3 nitrogen and oxygen atoms in total. The summed E-state index contributed by atoms with van der Waals surface area (Å²) in [6, 6.07) is 2.13. The van der Waals surface area contributed by atoms with Crippen LogP contribution in [0.3, 0.4) is 0 Å². The summed E-state index contributed by atoms with van der Waals surface area (Å²) >= 11 is 0. The van der Waals surface area contributed by atoms with Gasteiger partial charge in [0, 0.05) is 5.92 Å². The van der Waals surface area contributed by atoms with E-state index in [2.05, 4.69) is 13.0 Å². The van der Waals surface area contributed by atoms with E-state index >= 15 is 0 Å². The van der Waals surface area contributed by atoms with Gasteiger partial charge in [0.2, 0.25) is 0 Å². The predicted octanol–water partition coefficient (Wildman–Crippen LogP) is 3.70. The number of hydrogen-bond acceptors (Lipinski definition) is 2. The molecule has 4 atom stereocenters. The number of benzene rings is 1. The first kappa shape index (κ1) is 16.0. The van der Waals surface area contributed by atoms with Gasteiger partial charge in [0.1, 0.15) is 0 Å². The first-order valence-corrected chi connectivity index (χ1v) is 7.72. The van der Waals surface area contributed by atoms with Crippen LogP contribution in [0.1, 0.15) is 53.7 Å². The van der Waals surface area contributed by atoms with Crippen molar-refractivity contribution in [1.82, 2.24) is 0 Å². The molecule has 116 valence electrons. The van der Waals surface area contributed by atoms with Crippen molar-refractivity contribution in [3.05, 3.63) is 33.9 Å². The molecule has 0 amide bonds. The van der Waals surface area contributed by atoms with Crippen LogP contribution >= 0.6 is 0 Å². The second-order valence-electron chi connectivity index (χ2n) is 6.80. The highest BCUT2D eigenvalue weighted by Crippen LogP contribution is 2.45. The first-order chi connectivity index (χ1) is 9.73. The summed E-state index contributed by atoms with van der Waals surface area (Å²) in [6.07, 6.45) is 0.763. The third-order valence-corrected chi connectivity index (χ3v) is 5.29. The molecule has 1 aromatic carbocycles. The van der Waals surface area contributed by atoms with E-state index in [1.165, 1.54) is 0 Å². The highest BCUT2D eigenvalue weighted by atomic mass is 16.4. The van der Waals surface area contributed by atoms with Crippen LogP contribution in [0.5, 0.6) is 0 Å². The summed E-state index contributed by atoms with van der Waals surface area (Å²) < 4.78 is 0. The van der Waals surface area contributed by atoms with Crippen molar-refractivity contribution in [3.8, 4) is 0 Å². The number of aliphatic hydroxyl groups excluding tert-OH is 1. The molecule has 4 unspecified atom stereocenters. The van der Waals surface area contributed by atoms with Crippen molar-refractivity contribution >= 4 is 5.97 Å². The second-order valence-corrected chi connectivity index (χ2v) is 6.80. The summed E-state index contributed by atoms with van der Waals surface area (Å²) in [7, 11) is 0. The topological polar surface area (TPSA) is 57.5 Å². The maximum atomic E-state index is 11.5. The lowest BCUT2D eigenvalue weighted by molar-refractivity contribution is -0.144. The zero-order valence-corrected chi connectivity index (χ0v) is 13.6. The molecule has 0 saturated heterocycles. The van der Waals surface area contributed by atoms with Crippen LogP contribution in [0.25, 0.3) is 0 Å². The Labute approximate surface area is 127 Å². The van der Waals surface area contributed by atoms with E-state index in [9.17, 15) is 15.0 Å². The van der Waals surface area contributed by atoms with Crippen molar-refractivity contribution in [2.75, 3.05) is 0 Å². The number of carboxylic acid groups (broad SMARTS) is 1. The standard InChI is InChI=1S/C18H26O3/c1-9-6-14(15(7-9)18(20)21)17(19)16-12(4)10(2)8-11(3)13(16)5/h8-9,14-15,17,19H,6-7H2,1-5H3,(H,20,21). The smallest absolute Gasteiger partial charge is 0.306 e. The Hall–Kier alpha value is -1.35. The number of aliphatic hydroxyl groups is 1. The highest BCUT2D eigenvalue weighted by molar-refractivity contribution is 5.71. The Morgan fingerprint density at radius 1 is 1.14 bits per heavy atom. The summed E-state index contributed by atoms with van der Waals surface area (Å²) in [5, 5.41) is 20.3. The van der Waals surface area contributed by atoms with Crippen LogP contribution in [0, 0.1) is 45.4 Å². The van der Waals surface area contributed by atoms with Gasteiger partial charge >= 0.3 is 5.97 Å². The van der Waals surface area contributed by atoms with Crippen LogP contribution in [-0.4, -0.2) is 16.2 Å². The maximum absolute atomic E-state index is 11.5. The summed E-state index contributed by atoms with van der Waals surface area (Å²) in [5.74, 6) is -1.04. The molecule has 0 aliphatic heterocycles. The Kier molecular flexibility index (Phi) is 4.43. The third-order valence-electron chi connectivity index (χ3n) is 5.29. The molecule has 1 aromatic rings. The number of carboxylic acids is 1. The van der Waals surface area contributed by atoms with Gasteiger partial charge in [-0.3, -0.25) is 4.79 Å². The number of hydrogen-bond donors (Lipinski definition) is 2. The number of aryl methyl sites for hydroxylation is 2. The molecule has 0 radical (unpaired) electrons. The highest BCUT2D eigenvalue weighted by Gasteiger charge is 2.42. The third kappa shape index (κ3) is 2.84. The Balaban J connectivity index is 2.45. The molecule has 0 bridgehead atoms. The maximum Gasteiger partial charge on any atom is 0.306 e. The van der Waals surface area contributed by atoms with Gasteiger partial charge in [0.25, 0.3) is 0 Å². The van der Waals surface area contributed by atoms with E-state index in [4.69, 9.17) is 0 Å². The molecule has 3 heteroatoms. The minimum Gasteiger partial charge on any atom is -0.481 e. The van der Waals surface area contributed by atoms with Crippen LogP contribution in [0.2, 0.25) is 0 Å². The number of carbonyl (C=O) groups is 1. The van der Waals surface area contributed by atoms with Gasteiger partial charge in [-0.25, -0.2) is 0 Å². The monoisotopic (exact) mass is 290 g/mol. The Morgan fingerprint density at radius 3 is 2.14 bits per heavy atom. The molecule has 2 rings (SSSR count). The fourth-order valence-electron chi connectivity index (χ4n) is 3.87. The van der Waals surface area contributed by atoms with Gasteiger partial charge < -0.3 is 10.2 Å². The zero-order chi connectivity index (χ0) is 15.9. The summed E-state index contributed by atoms with van der Waals surface area (Å²) in [5.41, 5.74) is 5.44. The molecule has 2 N–H and O–H groups in total. The van der Waals surface area contributed by atoms with Gasteiger partial charge in [0.15, 0.2) is 0 Å². The molecule has 1 aliphatic rings. The van der Waals surface area contributed by atoms with E-state index < -0.39 is 18.0 Å². The van der Waals surface area contributed by atoms with Gasteiger partial charge in [0.05, 0.1) is 12.0 Å². The molecule has 0 heterocycles. The van der Waals surface area contributed by atoms with Crippen LogP contribution in [-0.2, 0) is 4.79 Å². The van der Waals surface area contributed by atoms with E-state index in [-0.39, 0.29) is 5.92 Å². The molecule has 0 aromatic heterocycles. The zero-order valence-electron chi connectivity index (χ0n) is 13.6. The second kappa shape index (κ2) is 5.80. The van der Waals surface area contributed by atoms with Gasteiger partial charge in [-0.05, 0) is 74.3 Å². The van der Waals surface area contributed by atoms with E-state index in [0.717, 1.165) is 34.2 Å².